The first-order valence-electron chi connectivity index (χ1n) is 8.76. The van der Waals surface area contributed by atoms with Gasteiger partial charge in [0.05, 0.1) is 17.3 Å². The normalized spacial score (nSPS) is 23.8. The highest BCUT2D eigenvalue weighted by molar-refractivity contribution is 8.00. The summed E-state index contributed by atoms with van der Waals surface area (Å²) in [5, 5.41) is 0. The Kier molecular flexibility index (Phi) is 5.75. The number of hydrogen-bond acceptors (Lipinski definition) is 5. The van der Waals surface area contributed by atoms with Crippen molar-refractivity contribution in [3.05, 3.63) is 29.3 Å². The molecule has 2 fully saturated rings. The summed E-state index contributed by atoms with van der Waals surface area (Å²) < 4.78 is 23.3. The molecule has 1 aromatic carbocycles. The molecule has 3 rings (SSSR count). The molecule has 2 heterocycles. The van der Waals surface area contributed by atoms with Gasteiger partial charge in [-0.25, -0.2) is 8.42 Å². The molecule has 1 amide bonds. The first-order valence-corrected chi connectivity index (χ1v) is 11.6. The zero-order chi connectivity index (χ0) is 18.0. The topological polar surface area (TPSA) is 57.7 Å². The lowest BCUT2D eigenvalue weighted by Gasteiger charge is -2.37. The molecule has 2 saturated heterocycles. The Morgan fingerprint density at radius 2 is 1.88 bits per heavy atom. The van der Waals surface area contributed by atoms with Crippen LogP contribution < -0.4 is 0 Å². The second-order valence-electron chi connectivity index (χ2n) is 7.01. The van der Waals surface area contributed by atoms with Crippen LogP contribution in [0.25, 0.3) is 0 Å². The van der Waals surface area contributed by atoms with E-state index < -0.39 is 9.84 Å². The van der Waals surface area contributed by atoms with Crippen molar-refractivity contribution in [1.82, 2.24) is 9.80 Å². The molecule has 2 aliphatic heterocycles. The Balaban J connectivity index is 1.46. The van der Waals surface area contributed by atoms with Crippen LogP contribution in [0.2, 0.25) is 0 Å². The molecule has 1 aromatic rings. The van der Waals surface area contributed by atoms with Crippen LogP contribution in [0.5, 0.6) is 0 Å². The maximum absolute atomic E-state index is 12.4. The highest BCUT2D eigenvalue weighted by Crippen LogP contribution is 2.23. The molecule has 25 heavy (non-hydrogen) atoms. The summed E-state index contributed by atoms with van der Waals surface area (Å²) in [5.74, 6) is 1.22. The van der Waals surface area contributed by atoms with E-state index in [1.54, 1.807) is 11.8 Å². The molecule has 0 unspecified atom stereocenters. The number of piperazine rings is 1. The number of hydrogen-bond donors (Lipinski definition) is 0. The monoisotopic (exact) mass is 382 g/mol. The highest BCUT2D eigenvalue weighted by Gasteiger charge is 2.34. The van der Waals surface area contributed by atoms with Gasteiger partial charge in [0.15, 0.2) is 9.84 Å². The van der Waals surface area contributed by atoms with Gasteiger partial charge in [-0.15, -0.1) is 11.8 Å². The molecule has 138 valence electrons. The van der Waals surface area contributed by atoms with Gasteiger partial charge in [-0.1, -0.05) is 6.07 Å². The van der Waals surface area contributed by atoms with Crippen LogP contribution in [0.4, 0.5) is 0 Å². The zero-order valence-corrected chi connectivity index (χ0v) is 16.5. The maximum Gasteiger partial charge on any atom is 0.233 e. The summed E-state index contributed by atoms with van der Waals surface area (Å²) in [6, 6.07) is 6.44. The molecule has 0 saturated carbocycles. The van der Waals surface area contributed by atoms with Gasteiger partial charge in [0.1, 0.15) is 0 Å². The van der Waals surface area contributed by atoms with Gasteiger partial charge in [-0.05, 0) is 43.5 Å². The summed E-state index contributed by atoms with van der Waals surface area (Å²) in [6.07, 6.45) is 0.735. The first-order chi connectivity index (χ1) is 11.8. The van der Waals surface area contributed by atoms with E-state index in [4.69, 9.17) is 0 Å². The third-order valence-corrected chi connectivity index (χ3v) is 7.96. The van der Waals surface area contributed by atoms with E-state index in [9.17, 15) is 13.2 Å². The minimum atomic E-state index is -2.85. The Labute approximate surface area is 154 Å². The van der Waals surface area contributed by atoms with Gasteiger partial charge in [0.25, 0.3) is 0 Å². The number of nitrogens with zero attached hydrogens (tertiary/aromatic N) is 2. The fourth-order valence-corrected chi connectivity index (χ4v) is 6.10. The summed E-state index contributed by atoms with van der Waals surface area (Å²) in [6.45, 7) is 7.12. The van der Waals surface area contributed by atoms with Gasteiger partial charge in [0, 0.05) is 37.1 Å². The fourth-order valence-electron chi connectivity index (χ4n) is 3.44. The quantitative estimate of drug-likeness (QED) is 0.743. The average molecular weight is 383 g/mol. The van der Waals surface area contributed by atoms with Crippen molar-refractivity contribution in [3.63, 3.8) is 0 Å². The van der Waals surface area contributed by atoms with Crippen LogP contribution in [-0.2, 0) is 14.6 Å². The molecule has 0 aromatic heterocycles. The van der Waals surface area contributed by atoms with Crippen LogP contribution in [0.3, 0.4) is 0 Å². The number of carbonyl (C=O) groups excluding carboxylic acids is 1. The Morgan fingerprint density at radius 3 is 2.48 bits per heavy atom. The van der Waals surface area contributed by atoms with Crippen molar-refractivity contribution in [2.45, 2.75) is 31.2 Å². The van der Waals surface area contributed by atoms with E-state index in [1.807, 2.05) is 4.90 Å². The Bertz CT molecular complexity index is 741. The molecule has 1 atom stereocenters. The van der Waals surface area contributed by atoms with Crippen LogP contribution in [0, 0.1) is 13.8 Å². The van der Waals surface area contributed by atoms with Crippen molar-refractivity contribution in [2.75, 3.05) is 43.4 Å². The maximum atomic E-state index is 12.4. The molecule has 0 spiro atoms. The number of sulfone groups is 1. The number of benzene rings is 1. The molecule has 7 heteroatoms. The summed E-state index contributed by atoms with van der Waals surface area (Å²) in [7, 11) is -2.85. The van der Waals surface area contributed by atoms with E-state index >= 15 is 0 Å². The predicted molar refractivity (Wildman–Crippen MR) is 102 cm³/mol. The van der Waals surface area contributed by atoms with Gasteiger partial charge < -0.3 is 4.90 Å². The van der Waals surface area contributed by atoms with Crippen LogP contribution in [0.1, 0.15) is 17.5 Å². The number of thioether (sulfide) groups is 1. The zero-order valence-electron chi connectivity index (χ0n) is 14.9. The number of carbonyl (C=O) groups is 1. The molecule has 0 radical (unpaired) electrons. The van der Waals surface area contributed by atoms with Gasteiger partial charge in [0.2, 0.25) is 5.91 Å². The fraction of sp³-hybridized carbons (Fsp3) is 0.611. The third kappa shape index (κ3) is 4.77. The Hall–Kier alpha value is -1.05. The highest BCUT2D eigenvalue weighted by atomic mass is 32.2. The molecular weight excluding hydrogens is 356 g/mol. The molecule has 0 aliphatic carbocycles. The largest absolute Gasteiger partial charge is 0.339 e. The lowest BCUT2D eigenvalue weighted by atomic mass is 10.1. The van der Waals surface area contributed by atoms with Crippen molar-refractivity contribution < 1.29 is 13.2 Å². The number of aryl methyl sites for hydroxylation is 2. The minimum absolute atomic E-state index is 0.146. The van der Waals surface area contributed by atoms with E-state index in [0.29, 0.717) is 24.6 Å². The van der Waals surface area contributed by atoms with Gasteiger partial charge >= 0.3 is 0 Å². The molecule has 2 aliphatic rings. The van der Waals surface area contributed by atoms with Crippen LogP contribution in [0.15, 0.2) is 23.1 Å². The van der Waals surface area contributed by atoms with Crippen LogP contribution in [-0.4, -0.2) is 73.6 Å². The molecule has 0 N–H and O–H groups in total. The average Bonchev–Trinajstić information content (AvgIpc) is 2.96. The number of amides is 1. The minimum Gasteiger partial charge on any atom is -0.339 e. The molecule has 0 bridgehead atoms. The summed E-state index contributed by atoms with van der Waals surface area (Å²) >= 11 is 1.59. The van der Waals surface area contributed by atoms with Gasteiger partial charge in [-0.2, -0.15) is 0 Å². The lowest BCUT2D eigenvalue weighted by Crippen LogP contribution is -2.52. The van der Waals surface area contributed by atoms with Crippen molar-refractivity contribution in [1.29, 1.82) is 0 Å². The summed E-state index contributed by atoms with van der Waals surface area (Å²) in [5.41, 5.74) is 2.51. The van der Waals surface area contributed by atoms with E-state index in [0.717, 1.165) is 24.4 Å². The second kappa shape index (κ2) is 7.68. The van der Waals surface area contributed by atoms with E-state index in [2.05, 4.69) is 36.9 Å². The first kappa shape index (κ1) is 18.7. The molecular formula is C18H26N2O3S2. The van der Waals surface area contributed by atoms with Crippen molar-refractivity contribution in [3.8, 4) is 0 Å². The van der Waals surface area contributed by atoms with Crippen LogP contribution >= 0.6 is 11.8 Å². The predicted octanol–water partition coefficient (Wildman–Crippen LogP) is 1.73. The SMILES string of the molecule is Cc1ccc(SCC(=O)N2CCN([C@H]3CCS(=O)(=O)C3)CC2)cc1C. The standard InChI is InChI=1S/C18H26N2O3S2/c1-14-3-4-17(11-15(14)2)24-12-18(21)20-8-6-19(7-9-20)16-5-10-25(22,23)13-16/h3-4,11,16H,5-10,12-13H2,1-2H3/t16-/m0/s1. The van der Waals surface area contributed by atoms with E-state index in [-0.39, 0.29) is 17.7 Å². The van der Waals surface area contributed by atoms with Gasteiger partial charge in [-0.3, -0.25) is 9.69 Å². The lowest BCUT2D eigenvalue weighted by molar-refractivity contribution is -0.130. The molecule has 5 nitrogen and oxygen atoms in total. The third-order valence-electron chi connectivity index (χ3n) is 5.23. The van der Waals surface area contributed by atoms with E-state index in [1.165, 1.54) is 11.1 Å². The van der Waals surface area contributed by atoms with Crippen molar-refractivity contribution in [2.24, 2.45) is 0 Å². The summed E-state index contributed by atoms with van der Waals surface area (Å²) in [4.78, 5) is 17.7. The second-order valence-corrected chi connectivity index (χ2v) is 10.3. The number of rotatable bonds is 4. The Morgan fingerprint density at radius 1 is 1.16 bits per heavy atom. The smallest absolute Gasteiger partial charge is 0.233 e. The van der Waals surface area contributed by atoms with Crippen molar-refractivity contribution >= 4 is 27.5 Å².